The molecule has 0 saturated carbocycles. The quantitative estimate of drug-likeness (QED) is 0.491. The summed E-state index contributed by atoms with van der Waals surface area (Å²) in [5, 5.41) is 3.16. The molecule has 2 atom stereocenters. The van der Waals surface area contributed by atoms with E-state index in [2.05, 4.69) is 12.2 Å². The van der Waals surface area contributed by atoms with Gasteiger partial charge in [-0.25, -0.2) is 0 Å². The highest BCUT2D eigenvalue weighted by Crippen LogP contribution is 1.97. The lowest BCUT2D eigenvalue weighted by Gasteiger charge is -2.09. The van der Waals surface area contributed by atoms with Gasteiger partial charge in [-0.3, -0.25) is 9.00 Å². The minimum Gasteiger partial charge on any atom is -0.465 e. The predicted octanol–water partition coefficient (Wildman–Crippen LogP) is 1.08. The zero-order valence-corrected chi connectivity index (χ0v) is 11.3. The number of nitrogens with one attached hydrogen (secondary N) is 1. The molecule has 1 N–H and O–H groups in total. The summed E-state index contributed by atoms with van der Waals surface area (Å²) in [5.41, 5.74) is 0. The van der Waals surface area contributed by atoms with E-state index in [0.29, 0.717) is 13.2 Å². The van der Waals surface area contributed by atoms with Gasteiger partial charge in [-0.15, -0.1) is 0 Å². The van der Waals surface area contributed by atoms with Gasteiger partial charge >= 0.3 is 5.97 Å². The number of unbranched alkanes of at least 4 members (excludes halogenated alkanes) is 1. The summed E-state index contributed by atoms with van der Waals surface area (Å²) in [4.78, 5) is 11.2. The Bertz CT molecular complexity index is 221. The Morgan fingerprint density at radius 3 is 2.75 bits per heavy atom. The van der Waals surface area contributed by atoms with Crippen molar-refractivity contribution in [3.05, 3.63) is 0 Å². The number of hydrogen-bond donors (Lipinski definition) is 1. The molecule has 0 aliphatic rings. The minimum atomic E-state index is -0.787. The highest BCUT2D eigenvalue weighted by atomic mass is 32.2. The van der Waals surface area contributed by atoms with Gasteiger partial charge in [-0.05, 0) is 19.4 Å². The SMILES string of the molecule is CCCCOC(=O)CNCCC(C)S(C)=O. The number of hydrogen-bond acceptors (Lipinski definition) is 4. The first kappa shape index (κ1) is 15.6. The third-order valence-electron chi connectivity index (χ3n) is 2.32. The molecule has 0 bridgehead atoms. The van der Waals surface area contributed by atoms with Crippen molar-refractivity contribution in [2.75, 3.05) is 26.0 Å². The van der Waals surface area contributed by atoms with Crippen LogP contribution in [-0.4, -0.2) is 41.4 Å². The number of carbonyl (C=O) groups is 1. The normalized spacial score (nSPS) is 14.4. The second-order valence-corrected chi connectivity index (χ2v) is 5.65. The fourth-order valence-corrected chi connectivity index (χ4v) is 1.49. The van der Waals surface area contributed by atoms with Crippen molar-refractivity contribution in [3.63, 3.8) is 0 Å². The van der Waals surface area contributed by atoms with E-state index in [1.807, 2.05) is 6.92 Å². The van der Waals surface area contributed by atoms with Crippen molar-refractivity contribution in [3.8, 4) is 0 Å². The van der Waals surface area contributed by atoms with Gasteiger partial charge in [0.05, 0.1) is 13.2 Å². The van der Waals surface area contributed by atoms with E-state index in [9.17, 15) is 9.00 Å². The van der Waals surface area contributed by atoms with E-state index in [4.69, 9.17) is 4.74 Å². The molecule has 96 valence electrons. The van der Waals surface area contributed by atoms with E-state index < -0.39 is 10.8 Å². The van der Waals surface area contributed by atoms with Gasteiger partial charge in [0.25, 0.3) is 0 Å². The molecule has 0 aliphatic carbocycles. The van der Waals surface area contributed by atoms with Gasteiger partial charge in [-0.1, -0.05) is 20.3 Å². The lowest BCUT2D eigenvalue weighted by molar-refractivity contribution is -0.142. The van der Waals surface area contributed by atoms with E-state index in [-0.39, 0.29) is 17.8 Å². The topological polar surface area (TPSA) is 55.4 Å². The molecule has 2 unspecified atom stereocenters. The maximum Gasteiger partial charge on any atom is 0.319 e. The number of ether oxygens (including phenoxy) is 1. The maximum atomic E-state index is 11.2. The molecule has 0 amide bonds. The molecular formula is C11H23NO3S. The molecule has 0 radical (unpaired) electrons. The molecule has 0 rings (SSSR count). The van der Waals surface area contributed by atoms with Crippen molar-refractivity contribution in [2.24, 2.45) is 0 Å². The Morgan fingerprint density at radius 2 is 2.19 bits per heavy atom. The zero-order chi connectivity index (χ0) is 12.4. The van der Waals surface area contributed by atoms with Gasteiger partial charge in [0, 0.05) is 22.3 Å². The summed E-state index contributed by atoms with van der Waals surface area (Å²) in [7, 11) is -0.787. The number of rotatable bonds is 9. The minimum absolute atomic E-state index is 0.170. The zero-order valence-electron chi connectivity index (χ0n) is 10.5. The molecule has 0 aromatic carbocycles. The van der Waals surface area contributed by atoms with Crippen LogP contribution >= 0.6 is 0 Å². The van der Waals surface area contributed by atoms with Crippen LogP contribution < -0.4 is 5.32 Å². The summed E-state index contributed by atoms with van der Waals surface area (Å²) < 4.78 is 16.0. The Labute approximate surface area is 101 Å². The van der Waals surface area contributed by atoms with Crippen LogP contribution in [0.1, 0.15) is 33.1 Å². The summed E-state index contributed by atoms with van der Waals surface area (Å²) in [6, 6.07) is 0. The van der Waals surface area contributed by atoms with Crippen LogP contribution in [0.2, 0.25) is 0 Å². The van der Waals surface area contributed by atoms with E-state index in [0.717, 1.165) is 19.3 Å². The van der Waals surface area contributed by atoms with Crippen LogP contribution in [0, 0.1) is 0 Å². The van der Waals surface area contributed by atoms with Crippen molar-refractivity contribution in [2.45, 2.75) is 38.4 Å². The van der Waals surface area contributed by atoms with Crippen LogP contribution in [0.25, 0.3) is 0 Å². The lowest BCUT2D eigenvalue weighted by Crippen LogP contribution is -2.28. The van der Waals surface area contributed by atoms with E-state index in [1.165, 1.54) is 0 Å². The molecule has 0 aromatic heterocycles. The van der Waals surface area contributed by atoms with Crippen LogP contribution in [0.15, 0.2) is 0 Å². The molecule has 4 nitrogen and oxygen atoms in total. The first-order chi connectivity index (χ1) is 7.57. The molecule has 16 heavy (non-hydrogen) atoms. The van der Waals surface area contributed by atoms with Crippen molar-refractivity contribution in [1.82, 2.24) is 5.32 Å². The first-order valence-electron chi connectivity index (χ1n) is 5.76. The Morgan fingerprint density at radius 1 is 1.50 bits per heavy atom. The van der Waals surface area contributed by atoms with Crippen LogP contribution in [0.5, 0.6) is 0 Å². The van der Waals surface area contributed by atoms with Gasteiger partial charge in [0.1, 0.15) is 0 Å². The van der Waals surface area contributed by atoms with Crippen molar-refractivity contribution in [1.29, 1.82) is 0 Å². The molecule has 0 fully saturated rings. The van der Waals surface area contributed by atoms with E-state index in [1.54, 1.807) is 6.26 Å². The molecular weight excluding hydrogens is 226 g/mol. The third-order valence-corrected chi connectivity index (χ3v) is 3.69. The fraction of sp³-hybridized carbons (Fsp3) is 0.909. The summed E-state index contributed by atoms with van der Waals surface area (Å²) >= 11 is 0. The second kappa shape index (κ2) is 9.78. The molecule has 0 aliphatic heterocycles. The number of esters is 1. The van der Waals surface area contributed by atoms with Crippen molar-refractivity contribution >= 4 is 16.8 Å². The molecule has 0 aromatic rings. The van der Waals surface area contributed by atoms with Gasteiger partial charge in [0.2, 0.25) is 0 Å². The molecule has 0 heterocycles. The van der Waals surface area contributed by atoms with Crippen LogP contribution in [0.4, 0.5) is 0 Å². The third kappa shape index (κ3) is 8.85. The van der Waals surface area contributed by atoms with Gasteiger partial charge < -0.3 is 10.1 Å². The fourth-order valence-electron chi connectivity index (χ4n) is 1.04. The predicted molar refractivity (Wildman–Crippen MR) is 66.9 cm³/mol. The highest BCUT2D eigenvalue weighted by molar-refractivity contribution is 7.84. The second-order valence-electron chi connectivity index (χ2n) is 3.85. The van der Waals surface area contributed by atoms with Gasteiger partial charge in [0.15, 0.2) is 0 Å². The van der Waals surface area contributed by atoms with Gasteiger partial charge in [-0.2, -0.15) is 0 Å². The summed E-state index contributed by atoms with van der Waals surface area (Å²) in [6.07, 6.45) is 4.45. The first-order valence-corrected chi connectivity index (χ1v) is 7.38. The van der Waals surface area contributed by atoms with E-state index >= 15 is 0 Å². The Balaban J connectivity index is 3.37. The summed E-state index contributed by atoms with van der Waals surface area (Å²) in [5.74, 6) is -0.210. The Kier molecular flexibility index (Phi) is 9.52. The molecule has 0 saturated heterocycles. The molecule has 0 spiro atoms. The monoisotopic (exact) mass is 249 g/mol. The average Bonchev–Trinajstić information content (AvgIpc) is 2.24. The van der Waals surface area contributed by atoms with Crippen LogP contribution in [0.3, 0.4) is 0 Å². The largest absolute Gasteiger partial charge is 0.465 e. The smallest absolute Gasteiger partial charge is 0.319 e. The highest BCUT2D eigenvalue weighted by Gasteiger charge is 2.06. The molecule has 5 heteroatoms. The summed E-state index contributed by atoms with van der Waals surface area (Å²) in [6.45, 7) is 5.44. The maximum absolute atomic E-state index is 11.2. The number of carbonyl (C=O) groups excluding carboxylic acids is 1. The van der Waals surface area contributed by atoms with Crippen LogP contribution in [-0.2, 0) is 20.3 Å². The average molecular weight is 249 g/mol. The Hall–Kier alpha value is -0.420. The standard InChI is InChI=1S/C11H23NO3S/c1-4-5-8-15-11(13)9-12-7-6-10(2)16(3)14/h10,12H,4-9H2,1-3H3. The lowest BCUT2D eigenvalue weighted by atomic mass is 10.3. The van der Waals surface area contributed by atoms with Crippen molar-refractivity contribution < 1.29 is 13.7 Å².